The Morgan fingerprint density at radius 1 is 2.00 bits per heavy atom. The molecule has 0 unspecified atom stereocenters. The first-order valence-electron chi connectivity index (χ1n) is 1.38. The van der Waals surface area contributed by atoms with Crippen LogP contribution in [-0.2, 0) is 0 Å². The van der Waals surface area contributed by atoms with Crippen molar-refractivity contribution in [3.63, 3.8) is 0 Å². The van der Waals surface area contributed by atoms with Gasteiger partial charge in [-0.3, -0.25) is 10.1 Å². The van der Waals surface area contributed by atoms with E-state index in [4.69, 9.17) is 0 Å². The van der Waals surface area contributed by atoms with Crippen molar-refractivity contribution in [1.82, 2.24) is 0 Å². The van der Waals surface area contributed by atoms with Gasteiger partial charge in [0.25, 0.3) is 0 Å². The van der Waals surface area contributed by atoms with E-state index in [0.29, 0.717) is 0 Å². The Morgan fingerprint density at radius 2 is 2.43 bits per heavy atom. The molecule has 0 rings (SSSR count). The van der Waals surface area contributed by atoms with Gasteiger partial charge in [0.1, 0.15) is 4.92 Å². The van der Waals surface area contributed by atoms with E-state index >= 15 is 0 Å². The molecule has 4 heteroatoms. The molecule has 0 amide bonds. The van der Waals surface area contributed by atoms with Gasteiger partial charge in [0.2, 0.25) is 0 Å². The quantitative estimate of drug-likeness (QED) is 0.214. The van der Waals surface area contributed by atoms with Crippen molar-refractivity contribution in [1.29, 1.82) is 0 Å². The minimum atomic E-state index is -1.54. The van der Waals surface area contributed by atoms with E-state index in [1.807, 2.05) is 0 Å². The lowest BCUT2D eigenvalue weighted by Gasteiger charge is -1.73. The molecule has 0 spiro atoms. The Morgan fingerprint density at radius 3 is 2.43 bits per heavy atom. The van der Waals surface area contributed by atoms with Crippen molar-refractivity contribution in [3.05, 3.63) is 28.4 Å². The van der Waals surface area contributed by atoms with Gasteiger partial charge in [-0.2, -0.15) is 0 Å². The summed E-state index contributed by atoms with van der Waals surface area (Å²) in [5.41, 5.74) is 1.47. The maximum absolute atomic E-state index is 11.3. The van der Waals surface area contributed by atoms with Gasteiger partial charge < -0.3 is 0 Å². The van der Waals surface area contributed by atoms with Gasteiger partial charge in [-0.15, -0.1) is 4.39 Å². The maximum Gasteiger partial charge on any atom is 0.465 e. The molecule has 0 saturated carbocycles. The molecule has 0 saturated heterocycles. The van der Waals surface area contributed by atoms with Crippen molar-refractivity contribution in [3.8, 4) is 0 Å². The predicted molar refractivity (Wildman–Crippen MR) is 20.8 cm³/mol. The average molecular weight is 103 g/mol. The molecule has 38 valence electrons. The third kappa shape index (κ3) is 1.67. The number of nitrogens with zero attached hydrogens (tertiary/aromatic N) is 1. The first-order valence-corrected chi connectivity index (χ1v) is 1.38. The summed E-state index contributed by atoms with van der Waals surface area (Å²) in [7, 11) is 0. The highest BCUT2D eigenvalue weighted by Gasteiger charge is 2.02. The minimum absolute atomic E-state index is 1.20. The molecular formula is C3H2FNO2. The summed E-state index contributed by atoms with van der Waals surface area (Å²) >= 11 is 0. The summed E-state index contributed by atoms with van der Waals surface area (Å²) in [6.45, 7) is 2.70. The smallest absolute Gasteiger partial charge is 0.256 e. The molecule has 0 radical (unpaired) electrons. The second-order valence-electron chi connectivity index (χ2n) is 0.725. The van der Waals surface area contributed by atoms with Gasteiger partial charge in [0, 0.05) is 0 Å². The standard InChI is InChI=1S/C3H2FNO2/c1-2-3(4)5(6)7/h1H2. The van der Waals surface area contributed by atoms with E-state index in [-0.39, 0.29) is 0 Å². The number of halogens is 1. The fourth-order valence-corrected chi connectivity index (χ4v) is 0.0645. The Labute approximate surface area is 38.9 Å². The normalized spacial score (nSPS) is 7.00. The van der Waals surface area contributed by atoms with Crippen LogP contribution in [0.3, 0.4) is 0 Å². The van der Waals surface area contributed by atoms with Crippen LogP contribution in [0.2, 0.25) is 0 Å². The molecule has 0 aliphatic rings. The van der Waals surface area contributed by atoms with E-state index in [1.165, 1.54) is 5.73 Å². The molecular weight excluding hydrogens is 101 g/mol. The van der Waals surface area contributed by atoms with E-state index < -0.39 is 10.9 Å². The second kappa shape index (κ2) is 2.10. The van der Waals surface area contributed by atoms with Crippen molar-refractivity contribution >= 4 is 0 Å². The zero-order valence-corrected chi connectivity index (χ0v) is 3.35. The highest BCUT2D eigenvalue weighted by atomic mass is 19.1. The van der Waals surface area contributed by atoms with Crippen LogP contribution in [0.25, 0.3) is 0 Å². The zero-order valence-electron chi connectivity index (χ0n) is 3.35. The third-order valence-corrected chi connectivity index (χ3v) is 0.306. The van der Waals surface area contributed by atoms with Crippen LogP contribution in [0.15, 0.2) is 18.3 Å². The van der Waals surface area contributed by atoms with Crippen LogP contribution in [0.1, 0.15) is 0 Å². The second-order valence-corrected chi connectivity index (χ2v) is 0.725. The summed E-state index contributed by atoms with van der Waals surface area (Å²) in [6, 6.07) is 0. The molecule has 0 aliphatic heterocycles. The SMILES string of the molecule is C=C=C(F)[N+](=O)[O-]. The van der Waals surface area contributed by atoms with Crippen molar-refractivity contribution < 1.29 is 9.31 Å². The van der Waals surface area contributed by atoms with E-state index in [1.54, 1.807) is 0 Å². The van der Waals surface area contributed by atoms with Crippen LogP contribution < -0.4 is 0 Å². The minimum Gasteiger partial charge on any atom is -0.256 e. The van der Waals surface area contributed by atoms with E-state index in [9.17, 15) is 14.5 Å². The zero-order chi connectivity index (χ0) is 5.86. The lowest BCUT2D eigenvalue weighted by molar-refractivity contribution is -0.446. The number of rotatable bonds is 1. The van der Waals surface area contributed by atoms with Crippen LogP contribution in [0.4, 0.5) is 4.39 Å². The molecule has 0 aromatic rings. The molecule has 0 aromatic carbocycles. The first kappa shape index (κ1) is 5.85. The van der Waals surface area contributed by atoms with Gasteiger partial charge in [-0.25, -0.2) is 0 Å². The van der Waals surface area contributed by atoms with Gasteiger partial charge in [-0.05, 0) is 12.3 Å². The maximum atomic E-state index is 11.3. The third-order valence-electron chi connectivity index (χ3n) is 0.306. The first-order chi connectivity index (χ1) is 3.18. The van der Waals surface area contributed by atoms with Crippen LogP contribution in [0, 0.1) is 10.1 Å². The van der Waals surface area contributed by atoms with E-state index in [0.717, 1.165) is 0 Å². The van der Waals surface area contributed by atoms with Crippen molar-refractivity contribution in [2.45, 2.75) is 0 Å². The highest BCUT2D eigenvalue weighted by molar-refractivity contribution is 4.72. The highest BCUT2D eigenvalue weighted by Crippen LogP contribution is 1.89. The molecule has 0 heterocycles. The summed E-state index contributed by atoms with van der Waals surface area (Å²) in [6.07, 6.45) is 0. The molecule has 3 nitrogen and oxygen atoms in total. The molecule has 0 atom stereocenters. The molecule has 0 fully saturated rings. The number of hydrogen-bond donors (Lipinski definition) is 0. The summed E-state index contributed by atoms with van der Waals surface area (Å²) < 4.78 is 11.3. The van der Waals surface area contributed by atoms with Crippen LogP contribution >= 0.6 is 0 Å². The largest absolute Gasteiger partial charge is 0.465 e. The predicted octanol–water partition coefficient (Wildman–Crippen LogP) is 0.859. The molecule has 0 aromatic heterocycles. The Balaban J connectivity index is 4.10. The van der Waals surface area contributed by atoms with Crippen molar-refractivity contribution in [2.24, 2.45) is 0 Å². The average Bonchev–Trinajstić information content (AvgIpc) is 1.65. The van der Waals surface area contributed by atoms with Crippen molar-refractivity contribution in [2.75, 3.05) is 0 Å². The topological polar surface area (TPSA) is 43.1 Å². The monoisotopic (exact) mass is 103 g/mol. The van der Waals surface area contributed by atoms with Gasteiger partial charge in [-0.1, -0.05) is 0 Å². The lowest BCUT2D eigenvalue weighted by atomic mass is 10.9. The Bertz CT molecular complexity index is 136. The molecule has 0 aliphatic carbocycles. The lowest BCUT2D eigenvalue weighted by Crippen LogP contribution is -1.88. The van der Waals surface area contributed by atoms with Gasteiger partial charge >= 0.3 is 5.95 Å². The van der Waals surface area contributed by atoms with E-state index in [2.05, 4.69) is 6.58 Å². The Kier molecular flexibility index (Phi) is 1.76. The summed E-state index contributed by atoms with van der Waals surface area (Å²) in [5, 5.41) is 9.22. The van der Waals surface area contributed by atoms with Crippen LogP contribution in [0.5, 0.6) is 0 Å². The van der Waals surface area contributed by atoms with Gasteiger partial charge in [0.05, 0.1) is 0 Å². The number of nitro groups is 1. The number of hydrogen-bond acceptors (Lipinski definition) is 2. The molecule has 0 bridgehead atoms. The fourth-order valence-electron chi connectivity index (χ4n) is 0.0645. The van der Waals surface area contributed by atoms with Crippen LogP contribution in [-0.4, -0.2) is 4.92 Å². The fraction of sp³-hybridized carbons (Fsp3) is 0. The van der Waals surface area contributed by atoms with Gasteiger partial charge in [0.15, 0.2) is 0 Å². The Hall–Kier alpha value is -1.15. The molecule has 7 heavy (non-hydrogen) atoms. The molecule has 0 N–H and O–H groups in total. The summed E-state index contributed by atoms with van der Waals surface area (Å²) in [4.78, 5) is 8.02. The summed E-state index contributed by atoms with van der Waals surface area (Å²) in [5.74, 6) is -1.54.